The van der Waals surface area contributed by atoms with Gasteiger partial charge >= 0.3 is 5.97 Å². The Hall–Kier alpha value is -1.35. The van der Waals surface area contributed by atoms with Crippen molar-refractivity contribution in [2.24, 2.45) is 5.92 Å². The molecule has 2 rings (SSSR count). The highest BCUT2D eigenvalue weighted by molar-refractivity contribution is 5.73. The van der Waals surface area contributed by atoms with Crippen molar-refractivity contribution in [3.8, 4) is 0 Å². The summed E-state index contributed by atoms with van der Waals surface area (Å²) in [6.45, 7) is 5.27. The Labute approximate surface area is 109 Å². The second-order valence-corrected chi connectivity index (χ2v) is 4.98. The molecule has 0 spiro atoms. The van der Waals surface area contributed by atoms with Crippen LogP contribution in [0.15, 0.2) is 30.3 Å². The molecule has 1 aliphatic heterocycles. The monoisotopic (exact) mass is 247 g/mol. The highest BCUT2D eigenvalue weighted by atomic mass is 16.5. The number of hydrogen-bond acceptors (Lipinski definition) is 3. The first-order valence-electron chi connectivity index (χ1n) is 6.53. The molecule has 0 bridgehead atoms. The van der Waals surface area contributed by atoms with Crippen LogP contribution in [-0.2, 0) is 9.53 Å². The van der Waals surface area contributed by atoms with Gasteiger partial charge < -0.3 is 4.74 Å². The van der Waals surface area contributed by atoms with Crippen LogP contribution in [0.25, 0.3) is 0 Å². The van der Waals surface area contributed by atoms with Gasteiger partial charge in [0.25, 0.3) is 0 Å². The molecule has 1 aromatic carbocycles. The minimum atomic E-state index is -0.0785. The Morgan fingerprint density at radius 2 is 2.06 bits per heavy atom. The van der Waals surface area contributed by atoms with E-state index in [0.717, 1.165) is 13.0 Å². The van der Waals surface area contributed by atoms with Gasteiger partial charge in [0.2, 0.25) is 0 Å². The summed E-state index contributed by atoms with van der Waals surface area (Å²) < 4.78 is 4.87. The summed E-state index contributed by atoms with van der Waals surface area (Å²) in [6.07, 6.45) is 0.894. The Morgan fingerprint density at radius 3 is 2.67 bits per heavy atom. The van der Waals surface area contributed by atoms with Gasteiger partial charge in [0.1, 0.15) is 0 Å². The van der Waals surface area contributed by atoms with Crippen LogP contribution in [-0.4, -0.2) is 30.6 Å². The van der Waals surface area contributed by atoms with Crippen molar-refractivity contribution in [1.82, 2.24) is 4.90 Å². The number of ether oxygens (including phenoxy) is 1. The Bertz CT molecular complexity index is 404. The van der Waals surface area contributed by atoms with Crippen LogP contribution in [0, 0.1) is 5.92 Å². The van der Waals surface area contributed by atoms with Gasteiger partial charge in [-0.3, -0.25) is 9.69 Å². The smallest absolute Gasteiger partial charge is 0.310 e. The molecule has 0 radical (unpaired) electrons. The maximum absolute atomic E-state index is 11.7. The lowest BCUT2D eigenvalue weighted by Gasteiger charge is -2.30. The lowest BCUT2D eigenvalue weighted by Crippen LogP contribution is -2.35. The van der Waals surface area contributed by atoms with Gasteiger partial charge in [-0.2, -0.15) is 0 Å². The summed E-state index contributed by atoms with van der Waals surface area (Å²) in [5, 5.41) is 0. The van der Waals surface area contributed by atoms with Crippen molar-refractivity contribution in [2.75, 3.05) is 13.7 Å². The van der Waals surface area contributed by atoms with Gasteiger partial charge in [-0.05, 0) is 32.4 Å². The number of carbonyl (C=O) groups is 1. The second kappa shape index (κ2) is 5.53. The van der Waals surface area contributed by atoms with Crippen LogP contribution < -0.4 is 0 Å². The molecule has 0 N–H and O–H groups in total. The average molecular weight is 247 g/mol. The number of methoxy groups -OCH3 is 1. The van der Waals surface area contributed by atoms with E-state index in [4.69, 9.17) is 4.74 Å². The molecule has 0 amide bonds. The minimum Gasteiger partial charge on any atom is -0.469 e. The standard InChI is InChI=1S/C15H21NO2/c1-11(13-7-5-4-6-8-13)16-10-9-14(12(16)2)15(17)18-3/h4-8,11-12,14H,9-10H2,1-3H3/t11?,12-,14+/m1/s1. The second-order valence-electron chi connectivity index (χ2n) is 4.98. The third kappa shape index (κ3) is 2.41. The van der Waals surface area contributed by atoms with E-state index in [0.29, 0.717) is 6.04 Å². The van der Waals surface area contributed by atoms with Gasteiger partial charge in [-0.15, -0.1) is 0 Å². The van der Waals surface area contributed by atoms with Crippen molar-refractivity contribution < 1.29 is 9.53 Å². The lowest BCUT2D eigenvalue weighted by atomic mass is 10.0. The Balaban J connectivity index is 2.09. The topological polar surface area (TPSA) is 29.5 Å². The average Bonchev–Trinajstić information content (AvgIpc) is 2.80. The van der Waals surface area contributed by atoms with Crippen LogP contribution in [0.5, 0.6) is 0 Å². The van der Waals surface area contributed by atoms with E-state index in [1.54, 1.807) is 0 Å². The molecule has 1 aliphatic rings. The molecule has 1 unspecified atom stereocenters. The predicted octanol–water partition coefficient (Wildman–Crippen LogP) is 2.63. The first-order valence-corrected chi connectivity index (χ1v) is 6.53. The summed E-state index contributed by atoms with van der Waals surface area (Å²) in [5.74, 6) is -0.0635. The Kier molecular flexibility index (Phi) is 4.02. The molecule has 1 heterocycles. The lowest BCUT2D eigenvalue weighted by molar-refractivity contribution is -0.146. The SMILES string of the molecule is COC(=O)[C@H]1CCN(C(C)c2ccccc2)[C@@H]1C. The zero-order chi connectivity index (χ0) is 13.1. The first kappa shape index (κ1) is 13.1. The summed E-state index contributed by atoms with van der Waals surface area (Å²) in [7, 11) is 1.47. The molecule has 18 heavy (non-hydrogen) atoms. The largest absolute Gasteiger partial charge is 0.469 e. The van der Waals surface area contributed by atoms with E-state index in [1.165, 1.54) is 12.7 Å². The molecule has 3 atom stereocenters. The molecule has 3 nitrogen and oxygen atoms in total. The number of likely N-dealkylation sites (tertiary alicyclic amines) is 1. The van der Waals surface area contributed by atoms with Gasteiger partial charge in [0, 0.05) is 12.1 Å². The number of esters is 1. The molecule has 1 fully saturated rings. The summed E-state index contributed by atoms with van der Waals surface area (Å²) in [5.41, 5.74) is 1.30. The quantitative estimate of drug-likeness (QED) is 0.769. The summed E-state index contributed by atoms with van der Waals surface area (Å²) >= 11 is 0. The fourth-order valence-electron chi connectivity index (χ4n) is 2.90. The highest BCUT2D eigenvalue weighted by Crippen LogP contribution is 2.32. The zero-order valence-corrected chi connectivity index (χ0v) is 11.3. The van der Waals surface area contributed by atoms with E-state index in [9.17, 15) is 4.79 Å². The molecule has 3 heteroatoms. The fourth-order valence-corrected chi connectivity index (χ4v) is 2.90. The van der Waals surface area contributed by atoms with E-state index >= 15 is 0 Å². The molecular formula is C15H21NO2. The molecule has 1 saturated heterocycles. The van der Waals surface area contributed by atoms with Crippen LogP contribution in [0.4, 0.5) is 0 Å². The molecule has 1 aromatic rings. The summed E-state index contributed by atoms with van der Waals surface area (Å²) in [6, 6.07) is 11.0. The van der Waals surface area contributed by atoms with E-state index in [1.807, 2.05) is 6.07 Å². The third-order valence-corrected chi connectivity index (χ3v) is 4.09. The zero-order valence-electron chi connectivity index (χ0n) is 11.3. The number of carbonyl (C=O) groups excluding carboxylic acids is 1. The van der Waals surface area contributed by atoms with Gasteiger partial charge in [0.05, 0.1) is 13.0 Å². The fraction of sp³-hybridized carbons (Fsp3) is 0.533. The predicted molar refractivity (Wildman–Crippen MR) is 71.1 cm³/mol. The normalized spacial score (nSPS) is 25.9. The van der Waals surface area contributed by atoms with Gasteiger partial charge in [-0.25, -0.2) is 0 Å². The third-order valence-electron chi connectivity index (χ3n) is 4.09. The number of hydrogen-bond donors (Lipinski definition) is 0. The highest BCUT2D eigenvalue weighted by Gasteiger charge is 2.38. The van der Waals surface area contributed by atoms with E-state index < -0.39 is 0 Å². The summed E-state index contributed by atoms with van der Waals surface area (Å²) in [4.78, 5) is 14.1. The maximum atomic E-state index is 11.7. The van der Waals surface area contributed by atoms with Crippen molar-refractivity contribution >= 4 is 5.97 Å². The number of nitrogens with zero attached hydrogens (tertiary/aromatic N) is 1. The van der Waals surface area contributed by atoms with Crippen molar-refractivity contribution in [3.05, 3.63) is 35.9 Å². The molecule has 0 aliphatic carbocycles. The van der Waals surface area contributed by atoms with E-state index in [2.05, 4.69) is 43.0 Å². The van der Waals surface area contributed by atoms with Crippen LogP contribution >= 0.6 is 0 Å². The molecular weight excluding hydrogens is 226 g/mol. The molecule has 0 saturated carbocycles. The van der Waals surface area contributed by atoms with Crippen molar-refractivity contribution in [3.63, 3.8) is 0 Å². The van der Waals surface area contributed by atoms with Gasteiger partial charge in [-0.1, -0.05) is 30.3 Å². The number of rotatable bonds is 3. The first-order chi connectivity index (χ1) is 8.65. The minimum absolute atomic E-state index is 0.0150. The maximum Gasteiger partial charge on any atom is 0.310 e. The van der Waals surface area contributed by atoms with Crippen LogP contribution in [0.2, 0.25) is 0 Å². The van der Waals surface area contributed by atoms with Gasteiger partial charge in [0.15, 0.2) is 0 Å². The van der Waals surface area contributed by atoms with Crippen LogP contribution in [0.3, 0.4) is 0 Å². The molecule has 0 aromatic heterocycles. The Morgan fingerprint density at radius 1 is 1.39 bits per heavy atom. The molecule has 98 valence electrons. The van der Waals surface area contributed by atoms with Crippen molar-refractivity contribution in [1.29, 1.82) is 0 Å². The van der Waals surface area contributed by atoms with E-state index in [-0.39, 0.29) is 17.9 Å². The number of benzene rings is 1. The van der Waals surface area contributed by atoms with Crippen LogP contribution in [0.1, 0.15) is 31.9 Å². The van der Waals surface area contributed by atoms with Crippen molar-refractivity contribution in [2.45, 2.75) is 32.4 Å².